The van der Waals surface area contributed by atoms with Gasteiger partial charge in [0.25, 0.3) is 0 Å². The molecule has 0 saturated carbocycles. The zero-order valence-corrected chi connectivity index (χ0v) is 9.37. The Bertz CT molecular complexity index is 746. The molecule has 2 heterocycles. The van der Waals surface area contributed by atoms with Crippen LogP contribution in [-0.2, 0) is 6.54 Å². The molecule has 0 atom stereocenters. The molecule has 0 aliphatic carbocycles. The molecule has 0 aliphatic heterocycles. The van der Waals surface area contributed by atoms with Crippen LogP contribution < -0.4 is 11.2 Å². The van der Waals surface area contributed by atoms with Crippen LogP contribution in [-0.4, -0.2) is 25.2 Å². The summed E-state index contributed by atoms with van der Waals surface area (Å²) < 4.78 is 1.50. The molecule has 7 nitrogen and oxygen atoms in total. The Hall–Kier alpha value is -2.54. The molecular weight excluding hydrogens is 232 g/mol. The van der Waals surface area contributed by atoms with Crippen LogP contribution in [0, 0.1) is 0 Å². The monoisotopic (exact) mass is 242 g/mol. The molecule has 3 N–H and O–H groups in total. The molecule has 0 saturated heterocycles. The predicted molar refractivity (Wildman–Crippen MR) is 65.2 cm³/mol. The largest absolute Gasteiger partial charge is 0.357 e. The lowest BCUT2D eigenvalue weighted by Crippen LogP contribution is -2.09. The average Bonchev–Trinajstić information content (AvgIpc) is 2.92. The molecule has 0 aliphatic rings. The highest BCUT2D eigenvalue weighted by Gasteiger charge is 2.04. The summed E-state index contributed by atoms with van der Waals surface area (Å²) in [7, 11) is 0. The molecule has 3 aromatic rings. The summed E-state index contributed by atoms with van der Waals surface area (Å²) in [6, 6.07) is 6.89. The minimum absolute atomic E-state index is 0.0703. The second-order valence-corrected chi connectivity index (χ2v) is 3.85. The summed E-state index contributed by atoms with van der Waals surface area (Å²) >= 11 is 0. The predicted octanol–water partition coefficient (Wildman–Crippen LogP) is -0.0375. The maximum atomic E-state index is 11.9. The quantitative estimate of drug-likeness (QED) is 0.656. The summed E-state index contributed by atoms with van der Waals surface area (Å²) in [5.41, 5.74) is 7.64. The number of hydrogen-bond donors (Lipinski definition) is 2. The Morgan fingerprint density at radius 1 is 1.33 bits per heavy atom. The summed E-state index contributed by atoms with van der Waals surface area (Å²) in [6.07, 6.45) is 1.48. The van der Waals surface area contributed by atoms with Gasteiger partial charge in [0.05, 0.1) is 5.69 Å². The highest BCUT2D eigenvalue weighted by atomic mass is 16.1. The molecule has 0 fully saturated rings. The van der Waals surface area contributed by atoms with Gasteiger partial charge in [-0.25, -0.2) is 4.68 Å². The smallest absolute Gasteiger partial charge is 0.189 e. The molecule has 0 unspecified atom stereocenters. The van der Waals surface area contributed by atoms with E-state index >= 15 is 0 Å². The molecule has 18 heavy (non-hydrogen) atoms. The highest BCUT2D eigenvalue weighted by molar-refractivity contribution is 5.80. The average molecular weight is 242 g/mol. The lowest BCUT2D eigenvalue weighted by molar-refractivity contribution is 0.790. The van der Waals surface area contributed by atoms with Crippen molar-refractivity contribution in [2.45, 2.75) is 6.54 Å². The Morgan fingerprint density at radius 2 is 2.22 bits per heavy atom. The van der Waals surface area contributed by atoms with Gasteiger partial charge in [0.2, 0.25) is 0 Å². The van der Waals surface area contributed by atoms with Gasteiger partial charge >= 0.3 is 0 Å². The minimum atomic E-state index is -0.0703. The number of nitrogens with one attached hydrogen (secondary N) is 1. The van der Waals surface area contributed by atoms with Crippen molar-refractivity contribution in [1.82, 2.24) is 25.2 Å². The third kappa shape index (κ3) is 1.66. The van der Waals surface area contributed by atoms with Gasteiger partial charge in [0.15, 0.2) is 5.43 Å². The number of benzene rings is 1. The van der Waals surface area contributed by atoms with Crippen LogP contribution in [0.2, 0.25) is 0 Å². The third-order valence-corrected chi connectivity index (χ3v) is 2.70. The summed E-state index contributed by atoms with van der Waals surface area (Å²) in [6.45, 7) is 0.305. The molecule has 2 aromatic heterocycles. The highest BCUT2D eigenvalue weighted by Crippen LogP contribution is 2.13. The van der Waals surface area contributed by atoms with Crippen molar-refractivity contribution < 1.29 is 0 Å². The first-order valence-corrected chi connectivity index (χ1v) is 5.37. The molecular formula is C11H10N6O. The van der Waals surface area contributed by atoms with Crippen molar-refractivity contribution >= 4 is 10.9 Å². The molecule has 0 spiro atoms. The van der Waals surface area contributed by atoms with E-state index < -0.39 is 0 Å². The van der Waals surface area contributed by atoms with E-state index in [1.165, 1.54) is 17.1 Å². The normalized spacial score (nSPS) is 10.9. The van der Waals surface area contributed by atoms with Crippen LogP contribution in [0.4, 0.5) is 0 Å². The van der Waals surface area contributed by atoms with Crippen LogP contribution in [0.5, 0.6) is 0 Å². The second-order valence-electron chi connectivity index (χ2n) is 3.85. The third-order valence-electron chi connectivity index (χ3n) is 2.70. The standard InChI is InChI=1S/C11H10N6O/c12-5-7-3-11(18)9-4-8(1-2-10(9)14-7)17-6-13-15-16-17/h1-4,6H,5,12H2,(H,14,18). The zero-order valence-electron chi connectivity index (χ0n) is 9.37. The van der Waals surface area contributed by atoms with E-state index in [4.69, 9.17) is 5.73 Å². The summed E-state index contributed by atoms with van der Waals surface area (Å²) in [4.78, 5) is 15.0. The number of aromatic amines is 1. The van der Waals surface area contributed by atoms with Crippen molar-refractivity contribution in [2.24, 2.45) is 5.73 Å². The molecule has 7 heteroatoms. The topological polar surface area (TPSA) is 102 Å². The molecule has 0 radical (unpaired) electrons. The van der Waals surface area contributed by atoms with E-state index in [0.717, 1.165) is 11.2 Å². The van der Waals surface area contributed by atoms with Crippen LogP contribution >= 0.6 is 0 Å². The van der Waals surface area contributed by atoms with Gasteiger partial charge in [-0.05, 0) is 28.6 Å². The number of H-pyrrole nitrogens is 1. The fourth-order valence-electron chi connectivity index (χ4n) is 1.82. The molecule has 0 bridgehead atoms. The Balaban J connectivity index is 2.24. The molecule has 90 valence electrons. The van der Waals surface area contributed by atoms with Crippen molar-refractivity contribution in [3.05, 3.63) is 46.5 Å². The van der Waals surface area contributed by atoms with Gasteiger partial charge in [-0.1, -0.05) is 0 Å². The number of fused-ring (bicyclic) bond motifs is 1. The first kappa shape index (κ1) is 10.6. The number of rotatable bonds is 2. The van der Waals surface area contributed by atoms with E-state index in [0.29, 0.717) is 17.6 Å². The Labute approximate surface area is 101 Å². The SMILES string of the molecule is NCc1cc(=O)c2cc(-n3cnnn3)ccc2[nH]1. The minimum Gasteiger partial charge on any atom is -0.357 e. The van der Waals surface area contributed by atoms with E-state index in [9.17, 15) is 4.79 Å². The van der Waals surface area contributed by atoms with Crippen molar-refractivity contribution in [1.29, 1.82) is 0 Å². The van der Waals surface area contributed by atoms with Crippen molar-refractivity contribution in [3.8, 4) is 5.69 Å². The van der Waals surface area contributed by atoms with Crippen LogP contribution in [0.1, 0.15) is 5.69 Å². The summed E-state index contributed by atoms with van der Waals surface area (Å²) in [5, 5.41) is 11.5. The maximum absolute atomic E-state index is 11.9. The number of aromatic nitrogens is 5. The molecule has 0 amide bonds. The van der Waals surface area contributed by atoms with Gasteiger partial charge < -0.3 is 10.7 Å². The van der Waals surface area contributed by atoms with E-state index in [2.05, 4.69) is 20.5 Å². The van der Waals surface area contributed by atoms with E-state index in [-0.39, 0.29) is 5.43 Å². The Morgan fingerprint density at radius 3 is 2.94 bits per heavy atom. The summed E-state index contributed by atoms with van der Waals surface area (Å²) in [5.74, 6) is 0. The van der Waals surface area contributed by atoms with Gasteiger partial charge in [-0.3, -0.25) is 4.79 Å². The fourth-order valence-corrected chi connectivity index (χ4v) is 1.82. The lowest BCUT2D eigenvalue weighted by atomic mass is 10.1. The second kappa shape index (κ2) is 4.04. The van der Waals surface area contributed by atoms with Crippen molar-refractivity contribution in [2.75, 3.05) is 0 Å². The van der Waals surface area contributed by atoms with E-state index in [1.807, 2.05) is 12.1 Å². The number of tetrazole rings is 1. The Kier molecular flexibility index (Phi) is 2.38. The first-order chi connectivity index (χ1) is 8.78. The number of nitrogens with zero attached hydrogens (tertiary/aromatic N) is 4. The van der Waals surface area contributed by atoms with Crippen LogP contribution in [0.25, 0.3) is 16.6 Å². The number of hydrogen-bond acceptors (Lipinski definition) is 5. The van der Waals surface area contributed by atoms with E-state index in [1.54, 1.807) is 6.07 Å². The van der Waals surface area contributed by atoms with Gasteiger partial charge in [-0.15, -0.1) is 5.10 Å². The maximum Gasteiger partial charge on any atom is 0.189 e. The number of nitrogens with two attached hydrogens (primary N) is 1. The van der Waals surface area contributed by atoms with Crippen LogP contribution in [0.3, 0.4) is 0 Å². The van der Waals surface area contributed by atoms with Gasteiger partial charge in [0.1, 0.15) is 6.33 Å². The van der Waals surface area contributed by atoms with Crippen molar-refractivity contribution in [3.63, 3.8) is 0 Å². The molecule has 1 aromatic carbocycles. The lowest BCUT2D eigenvalue weighted by Gasteiger charge is -2.04. The fraction of sp³-hybridized carbons (Fsp3) is 0.0909. The van der Waals surface area contributed by atoms with Crippen LogP contribution in [0.15, 0.2) is 35.4 Å². The zero-order chi connectivity index (χ0) is 12.5. The molecule has 3 rings (SSSR count). The van der Waals surface area contributed by atoms with Gasteiger partial charge in [0, 0.05) is 29.2 Å². The van der Waals surface area contributed by atoms with Gasteiger partial charge in [-0.2, -0.15) is 0 Å². The number of pyridine rings is 1. The first-order valence-electron chi connectivity index (χ1n) is 5.37.